The van der Waals surface area contributed by atoms with Crippen LogP contribution in [0.1, 0.15) is 10.4 Å². The Labute approximate surface area is 117 Å². The van der Waals surface area contributed by atoms with Crippen LogP contribution < -0.4 is 5.32 Å². The summed E-state index contributed by atoms with van der Waals surface area (Å²) in [7, 11) is 0. The van der Waals surface area contributed by atoms with Gasteiger partial charge < -0.3 is 15.2 Å². The van der Waals surface area contributed by atoms with Crippen molar-refractivity contribution in [1.29, 1.82) is 0 Å². The van der Waals surface area contributed by atoms with Crippen molar-refractivity contribution in [3.8, 4) is 0 Å². The van der Waals surface area contributed by atoms with Gasteiger partial charge in [-0.25, -0.2) is 0 Å². The molecule has 102 valence electrons. The van der Waals surface area contributed by atoms with Gasteiger partial charge in [-0.15, -0.1) is 11.3 Å². The fourth-order valence-corrected chi connectivity index (χ4v) is 2.27. The van der Waals surface area contributed by atoms with Gasteiger partial charge in [-0.3, -0.25) is 4.98 Å². The number of aromatic nitrogens is 1. The van der Waals surface area contributed by atoms with Crippen molar-refractivity contribution >= 4 is 11.3 Å². The highest BCUT2D eigenvalue weighted by molar-refractivity contribution is 7.09. The second-order valence-electron chi connectivity index (χ2n) is 4.23. The van der Waals surface area contributed by atoms with Gasteiger partial charge >= 0.3 is 0 Å². The summed E-state index contributed by atoms with van der Waals surface area (Å²) in [6, 6.07) is 7.92. The molecule has 0 fully saturated rings. The fraction of sp³-hybridized carbons (Fsp3) is 0.357. The minimum absolute atomic E-state index is 0.348. The van der Waals surface area contributed by atoms with Crippen molar-refractivity contribution in [1.82, 2.24) is 10.3 Å². The average Bonchev–Trinajstić information content (AvgIpc) is 2.93. The Morgan fingerprint density at radius 2 is 2.16 bits per heavy atom. The summed E-state index contributed by atoms with van der Waals surface area (Å²) in [5.74, 6) is 0. The summed E-state index contributed by atoms with van der Waals surface area (Å²) in [4.78, 5) is 5.13. The highest BCUT2D eigenvalue weighted by Gasteiger charge is 2.04. The van der Waals surface area contributed by atoms with Crippen molar-refractivity contribution in [2.45, 2.75) is 19.3 Å². The number of pyridine rings is 1. The van der Waals surface area contributed by atoms with Crippen LogP contribution in [0.2, 0.25) is 0 Å². The zero-order valence-electron chi connectivity index (χ0n) is 10.7. The van der Waals surface area contributed by atoms with E-state index in [0.29, 0.717) is 19.8 Å². The summed E-state index contributed by atoms with van der Waals surface area (Å²) in [6.45, 7) is 2.16. The summed E-state index contributed by atoms with van der Waals surface area (Å²) in [5, 5.41) is 15.0. The molecule has 2 aromatic heterocycles. The zero-order chi connectivity index (χ0) is 13.3. The maximum atomic E-state index is 9.76. The van der Waals surface area contributed by atoms with Crippen LogP contribution in [0.4, 0.5) is 0 Å². The van der Waals surface area contributed by atoms with Crippen LogP contribution in [-0.2, 0) is 17.9 Å². The molecule has 5 heteroatoms. The quantitative estimate of drug-likeness (QED) is 0.773. The lowest BCUT2D eigenvalue weighted by atomic mass is 10.2. The Balaban J connectivity index is 1.56. The third kappa shape index (κ3) is 5.48. The van der Waals surface area contributed by atoms with E-state index in [2.05, 4.69) is 10.3 Å². The van der Waals surface area contributed by atoms with Gasteiger partial charge in [0.25, 0.3) is 0 Å². The van der Waals surface area contributed by atoms with Gasteiger partial charge in [0.1, 0.15) is 0 Å². The van der Waals surface area contributed by atoms with Crippen LogP contribution in [0.3, 0.4) is 0 Å². The van der Waals surface area contributed by atoms with Crippen LogP contribution in [-0.4, -0.2) is 29.3 Å². The minimum atomic E-state index is -0.484. The minimum Gasteiger partial charge on any atom is -0.389 e. The highest BCUT2D eigenvalue weighted by Crippen LogP contribution is 2.09. The molecule has 0 aliphatic rings. The molecule has 19 heavy (non-hydrogen) atoms. The first-order valence-electron chi connectivity index (χ1n) is 6.22. The first-order chi connectivity index (χ1) is 9.34. The van der Waals surface area contributed by atoms with Crippen molar-refractivity contribution in [3.05, 3.63) is 52.5 Å². The summed E-state index contributed by atoms with van der Waals surface area (Å²) in [6.07, 6.45) is 3.04. The maximum Gasteiger partial charge on any atom is 0.0897 e. The Hall–Kier alpha value is -1.27. The predicted octanol–water partition coefficient (Wildman–Crippen LogP) is 1.81. The van der Waals surface area contributed by atoms with Crippen LogP contribution in [0.15, 0.2) is 42.0 Å². The predicted molar refractivity (Wildman–Crippen MR) is 75.9 cm³/mol. The smallest absolute Gasteiger partial charge is 0.0897 e. The fourth-order valence-electron chi connectivity index (χ4n) is 1.63. The van der Waals surface area contributed by atoms with Crippen molar-refractivity contribution in [2.75, 3.05) is 13.2 Å². The van der Waals surface area contributed by atoms with E-state index in [-0.39, 0.29) is 0 Å². The summed E-state index contributed by atoms with van der Waals surface area (Å²) in [5.41, 5.74) is 1.15. The molecule has 0 spiro atoms. The number of hydrogen-bond acceptors (Lipinski definition) is 5. The number of rotatable bonds is 8. The van der Waals surface area contributed by atoms with Crippen molar-refractivity contribution in [3.63, 3.8) is 0 Å². The standard InChI is InChI=1S/C14H18N2O2S/c17-13(10-18-11-14-2-1-7-19-14)9-16-8-12-3-5-15-6-4-12/h1-7,13,16-17H,8-11H2. The SMILES string of the molecule is OC(CNCc1ccncc1)COCc1cccs1. The number of nitrogens with one attached hydrogen (secondary N) is 1. The van der Waals surface area contributed by atoms with E-state index in [0.717, 1.165) is 12.1 Å². The molecule has 2 N–H and O–H groups in total. The number of ether oxygens (including phenoxy) is 1. The van der Waals surface area contributed by atoms with Crippen LogP contribution in [0.25, 0.3) is 0 Å². The van der Waals surface area contributed by atoms with E-state index in [4.69, 9.17) is 4.74 Å². The van der Waals surface area contributed by atoms with E-state index >= 15 is 0 Å². The Morgan fingerprint density at radius 1 is 1.32 bits per heavy atom. The Kier molecular flexibility index (Phi) is 5.97. The van der Waals surface area contributed by atoms with Gasteiger partial charge in [-0.2, -0.15) is 0 Å². The zero-order valence-corrected chi connectivity index (χ0v) is 11.5. The third-order valence-electron chi connectivity index (χ3n) is 2.59. The molecule has 1 unspecified atom stereocenters. The van der Waals surface area contributed by atoms with Crippen molar-refractivity contribution < 1.29 is 9.84 Å². The molecule has 0 amide bonds. The number of thiophene rings is 1. The molecular formula is C14H18N2O2S. The molecule has 0 aromatic carbocycles. The first-order valence-corrected chi connectivity index (χ1v) is 7.10. The van der Waals surface area contributed by atoms with E-state index in [1.807, 2.05) is 29.6 Å². The van der Waals surface area contributed by atoms with Gasteiger partial charge in [-0.05, 0) is 29.1 Å². The molecule has 0 aliphatic heterocycles. The molecular weight excluding hydrogens is 260 g/mol. The third-order valence-corrected chi connectivity index (χ3v) is 3.44. The van der Waals surface area contributed by atoms with E-state index in [1.165, 1.54) is 4.88 Å². The number of aliphatic hydroxyl groups is 1. The summed E-state index contributed by atoms with van der Waals surface area (Å²) >= 11 is 1.66. The molecule has 2 aromatic rings. The van der Waals surface area contributed by atoms with Crippen LogP contribution in [0, 0.1) is 0 Å². The molecule has 2 heterocycles. The Morgan fingerprint density at radius 3 is 2.89 bits per heavy atom. The summed E-state index contributed by atoms with van der Waals surface area (Å²) < 4.78 is 5.45. The second kappa shape index (κ2) is 8.01. The molecule has 4 nitrogen and oxygen atoms in total. The number of nitrogens with zero attached hydrogens (tertiary/aromatic N) is 1. The number of aliphatic hydroxyl groups excluding tert-OH is 1. The molecule has 0 saturated heterocycles. The van der Waals surface area contributed by atoms with Gasteiger partial charge in [0, 0.05) is 30.4 Å². The first kappa shape index (κ1) is 14.1. The van der Waals surface area contributed by atoms with E-state index < -0.39 is 6.10 Å². The van der Waals surface area contributed by atoms with Gasteiger partial charge in [0.05, 0.1) is 19.3 Å². The Bertz CT molecular complexity index is 448. The monoisotopic (exact) mass is 278 g/mol. The van der Waals surface area contributed by atoms with Crippen LogP contribution >= 0.6 is 11.3 Å². The average molecular weight is 278 g/mol. The largest absolute Gasteiger partial charge is 0.389 e. The normalized spacial score (nSPS) is 12.5. The van der Waals surface area contributed by atoms with Gasteiger partial charge in [0.2, 0.25) is 0 Å². The second-order valence-corrected chi connectivity index (χ2v) is 5.27. The molecule has 0 saturated carbocycles. The van der Waals surface area contributed by atoms with Gasteiger partial charge in [0.15, 0.2) is 0 Å². The van der Waals surface area contributed by atoms with Crippen LogP contribution in [0.5, 0.6) is 0 Å². The lowest BCUT2D eigenvalue weighted by molar-refractivity contribution is 0.0297. The lowest BCUT2D eigenvalue weighted by Gasteiger charge is -2.12. The topological polar surface area (TPSA) is 54.4 Å². The number of hydrogen-bond donors (Lipinski definition) is 2. The maximum absolute atomic E-state index is 9.76. The lowest BCUT2D eigenvalue weighted by Crippen LogP contribution is -2.30. The van der Waals surface area contributed by atoms with Gasteiger partial charge in [-0.1, -0.05) is 6.07 Å². The molecule has 1 atom stereocenters. The van der Waals surface area contributed by atoms with E-state index in [9.17, 15) is 5.11 Å². The molecule has 0 aliphatic carbocycles. The molecule has 0 bridgehead atoms. The van der Waals surface area contributed by atoms with Crippen molar-refractivity contribution in [2.24, 2.45) is 0 Å². The highest BCUT2D eigenvalue weighted by atomic mass is 32.1. The molecule has 0 radical (unpaired) electrons. The van der Waals surface area contributed by atoms with E-state index in [1.54, 1.807) is 23.7 Å². The molecule has 2 rings (SSSR count).